The van der Waals surface area contributed by atoms with Crippen molar-refractivity contribution < 1.29 is 22.7 Å². The lowest BCUT2D eigenvalue weighted by molar-refractivity contribution is 0.0698. The summed E-state index contributed by atoms with van der Waals surface area (Å²) in [6.45, 7) is 0. The number of carboxylic acids is 1. The number of carboxylic acid groups (broad SMARTS) is 1. The quantitative estimate of drug-likeness (QED) is 0.887. The van der Waals surface area contributed by atoms with E-state index >= 15 is 0 Å². The van der Waals surface area contributed by atoms with Crippen LogP contribution in [0.1, 0.15) is 10.4 Å². The van der Waals surface area contributed by atoms with Crippen molar-refractivity contribution in [1.29, 1.82) is 0 Å². The molecular formula is C11H9ClFN3O4S. The van der Waals surface area contributed by atoms with E-state index in [1.54, 1.807) is 0 Å². The van der Waals surface area contributed by atoms with Crippen LogP contribution in [-0.4, -0.2) is 29.3 Å². The molecule has 0 fully saturated rings. The van der Waals surface area contributed by atoms with Crippen molar-refractivity contribution in [2.45, 2.75) is 5.03 Å². The topological polar surface area (TPSA) is 101 Å². The van der Waals surface area contributed by atoms with Gasteiger partial charge in [-0.05, 0) is 18.2 Å². The zero-order valence-electron chi connectivity index (χ0n) is 10.5. The van der Waals surface area contributed by atoms with Gasteiger partial charge in [-0.3, -0.25) is 9.40 Å². The summed E-state index contributed by atoms with van der Waals surface area (Å²) in [6, 6.07) is 2.64. The average molecular weight is 334 g/mol. The lowest BCUT2D eigenvalue weighted by atomic mass is 10.2. The highest BCUT2D eigenvalue weighted by atomic mass is 35.5. The Labute approximate surface area is 124 Å². The summed E-state index contributed by atoms with van der Waals surface area (Å²) >= 11 is 5.74. The molecule has 0 bridgehead atoms. The second-order valence-corrected chi connectivity index (χ2v) is 6.03. The van der Waals surface area contributed by atoms with Crippen molar-refractivity contribution in [3.8, 4) is 0 Å². The first kappa shape index (κ1) is 15.3. The molecule has 2 N–H and O–H groups in total. The molecule has 0 saturated carbocycles. The number of aromatic carboxylic acids is 1. The molecule has 0 radical (unpaired) electrons. The summed E-state index contributed by atoms with van der Waals surface area (Å²) < 4.78 is 40.7. The molecule has 0 aliphatic heterocycles. The minimum atomic E-state index is -4.22. The van der Waals surface area contributed by atoms with Crippen LogP contribution in [-0.2, 0) is 17.1 Å². The van der Waals surface area contributed by atoms with Gasteiger partial charge in [0, 0.05) is 7.05 Å². The maximum absolute atomic E-state index is 13.2. The predicted octanol–water partition coefficient (Wildman–Crippen LogP) is 1.71. The Kier molecular flexibility index (Phi) is 3.88. The number of nitrogens with one attached hydrogen (secondary N) is 1. The molecular weight excluding hydrogens is 325 g/mol. The molecule has 0 spiro atoms. The van der Waals surface area contributed by atoms with Gasteiger partial charge >= 0.3 is 5.97 Å². The van der Waals surface area contributed by atoms with Gasteiger partial charge in [0.1, 0.15) is 5.82 Å². The van der Waals surface area contributed by atoms with E-state index in [0.717, 1.165) is 29.1 Å². The van der Waals surface area contributed by atoms with Crippen LogP contribution < -0.4 is 4.72 Å². The molecule has 1 heterocycles. The molecule has 0 aliphatic carbocycles. The van der Waals surface area contributed by atoms with Gasteiger partial charge in [0.15, 0.2) is 5.03 Å². The Morgan fingerprint density at radius 1 is 1.48 bits per heavy atom. The van der Waals surface area contributed by atoms with Crippen LogP contribution in [0, 0.1) is 5.82 Å². The molecule has 1 aromatic carbocycles. The van der Waals surface area contributed by atoms with E-state index in [9.17, 15) is 17.6 Å². The first-order chi connectivity index (χ1) is 9.72. The average Bonchev–Trinajstić information content (AvgIpc) is 2.68. The number of nitrogens with zero attached hydrogens (tertiary/aromatic N) is 2. The Morgan fingerprint density at radius 3 is 2.67 bits per heavy atom. The van der Waals surface area contributed by atoms with E-state index in [2.05, 4.69) is 5.10 Å². The van der Waals surface area contributed by atoms with Gasteiger partial charge in [0.25, 0.3) is 10.0 Å². The molecule has 0 aliphatic rings. The minimum Gasteiger partial charge on any atom is -0.478 e. The third-order valence-electron chi connectivity index (χ3n) is 2.55. The molecule has 0 unspecified atom stereocenters. The maximum atomic E-state index is 13.2. The standard InChI is InChI=1S/C11H9ClFN3O4S/c1-16-10(8(12)5-14-16)21(19,20)15-9-4-6(13)2-3-7(9)11(17)18/h2-5,15H,1H3,(H,17,18). The zero-order chi connectivity index (χ0) is 15.8. The number of carbonyl (C=O) groups is 1. The van der Waals surface area contributed by atoms with Crippen molar-refractivity contribution >= 4 is 33.3 Å². The number of rotatable bonds is 4. The molecule has 7 nitrogen and oxygen atoms in total. The highest BCUT2D eigenvalue weighted by molar-refractivity contribution is 7.92. The summed E-state index contributed by atoms with van der Waals surface area (Å²) in [5, 5.41) is 12.2. The second kappa shape index (κ2) is 5.34. The molecule has 0 atom stereocenters. The number of hydrogen-bond donors (Lipinski definition) is 2. The molecule has 10 heteroatoms. The normalized spacial score (nSPS) is 11.4. The number of anilines is 1. The van der Waals surface area contributed by atoms with Crippen LogP contribution in [0.5, 0.6) is 0 Å². The number of sulfonamides is 1. The first-order valence-corrected chi connectivity index (χ1v) is 7.31. The van der Waals surface area contributed by atoms with Gasteiger partial charge in [-0.2, -0.15) is 13.5 Å². The monoisotopic (exact) mass is 333 g/mol. The number of aromatic nitrogens is 2. The summed E-state index contributed by atoms with van der Waals surface area (Å²) in [5.41, 5.74) is -0.793. The number of hydrogen-bond acceptors (Lipinski definition) is 4. The molecule has 2 rings (SSSR count). The number of aryl methyl sites for hydroxylation is 1. The van der Waals surface area contributed by atoms with Crippen molar-refractivity contribution in [3.05, 3.63) is 40.8 Å². The third-order valence-corrected chi connectivity index (χ3v) is 4.42. The van der Waals surface area contributed by atoms with Crippen LogP contribution in [0.2, 0.25) is 5.02 Å². The van der Waals surface area contributed by atoms with Crippen molar-refractivity contribution in [2.24, 2.45) is 7.05 Å². The molecule has 0 saturated heterocycles. The van der Waals surface area contributed by atoms with Crippen LogP contribution in [0.15, 0.2) is 29.4 Å². The lowest BCUT2D eigenvalue weighted by Gasteiger charge is -2.11. The summed E-state index contributed by atoms with van der Waals surface area (Å²) in [6.07, 6.45) is 1.12. The van der Waals surface area contributed by atoms with Gasteiger partial charge in [0.2, 0.25) is 0 Å². The fourth-order valence-corrected chi connectivity index (χ4v) is 3.41. The highest BCUT2D eigenvalue weighted by Gasteiger charge is 2.25. The zero-order valence-corrected chi connectivity index (χ0v) is 12.1. The molecule has 112 valence electrons. The summed E-state index contributed by atoms with van der Waals surface area (Å²) in [5.74, 6) is -2.18. The fraction of sp³-hybridized carbons (Fsp3) is 0.0909. The van der Waals surface area contributed by atoms with Crippen molar-refractivity contribution in [1.82, 2.24) is 9.78 Å². The van der Waals surface area contributed by atoms with E-state index in [4.69, 9.17) is 16.7 Å². The van der Waals surface area contributed by atoms with Crippen LogP contribution in [0.25, 0.3) is 0 Å². The Bertz CT molecular complexity index is 799. The predicted molar refractivity (Wildman–Crippen MR) is 72.4 cm³/mol. The minimum absolute atomic E-state index is 0.140. The summed E-state index contributed by atoms with van der Waals surface area (Å²) in [7, 11) is -2.86. The van der Waals surface area contributed by atoms with E-state index in [1.807, 2.05) is 4.72 Å². The van der Waals surface area contributed by atoms with Gasteiger partial charge in [-0.1, -0.05) is 11.6 Å². The fourth-order valence-electron chi connectivity index (χ4n) is 1.68. The molecule has 2 aromatic rings. The van der Waals surface area contributed by atoms with E-state index in [0.29, 0.717) is 0 Å². The van der Waals surface area contributed by atoms with E-state index in [1.165, 1.54) is 7.05 Å². The molecule has 21 heavy (non-hydrogen) atoms. The largest absolute Gasteiger partial charge is 0.478 e. The van der Waals surface area contributed by atoms with Crippen molar-refractivity contribution in [3.63, 3.8) is 0 Å². The van der Waals surface area contributed by atoms with Crippen molar-refractivity contribution in [2.75, 3.05) is 4.72 Å². The van der Waals surface area contributed by atoms with Crippen LogP contribution >= 0.6 is 11.6 Å². The molecule has 0 amide bonds. The lowest BCUT2D eigenvalue weighted by Crippen LogP contribution is -2.19. The SMILES string of the molecule is Cn1ncc(Cl)c1S(=O)(=O)Nc1cc(F)ccc1C(=O)O. The Morgan fingerprint density at radius 2 is 2.14 bits per heavy atom. The number of halogens is 2. The van der Waals surface area contributed by atoms with Gasteiger partial charge in [-0.15, -0.1) is 0 Å². The van der Waals surface area contributed by atoms with Gasteiger partial charge < -0.3 is 5.11 Å². The third kappa shape index (κ3) is 2.98. The van der Waals surface area contributed by atoms with Crippen LogP contribution in [0.3, 0.4) is 0 Å². The number of benzene rings is 1. The van der Waals surface area contributed by atoms with E-state index < -0.39 is 33.1 Å². The van der Waals surface area contributed by atoms with E-state index in [-0.39, 0.29) is 10.0 Å². The molecule has 1 aromatic heterocycles. The van der Waals surface area contributed by atoms with Gasteiger partial charge in [0.05, 0.1) is 22.5 Å². The van der Waals surface area contributed by atoms with Gasteiger partial charge in [-0.25, -0.2) is 9.18 Å². The first-order valence-electron chi connectivity index (χ1n) is 5.45. The maximum Gasteiger partial charge on any atom is 0.337 e. The van der Waals surface area contributed by atoms with Crippen LogP contribution in [0.4, 0.5) is 10.1 Å². The highest BCUT2D eigenvalue weighted by Crippen LogP contribution is 2.25. The Hall–Kier alpha value is -2.13. The Balaban J connectivity index is 2.51. The second-order valence-electron chi connectivity index (χ2n) is 4.02. The smallest absolute Gasteiger partial charge is 0.337 e. The summed E-state index contributed by atoms with van der Waals surface area (Å²) in [4.78, 5) is 11.0.